The summed E-state index contributed by atoms with van der Waals surface area (Å²) in [6.45, 7) is 2.85. The van der Waals surface area contributed by atoms with E-state index in [0.717, 1.165) is 0 Å². The topological polar surface area (TPSA) is 231 Å². The molecule has 0 saturated heterocycles. The third-order valence-corrected chi connectivity index (χ3v) is 4.78. The van der Waals surface area contributed by atoms with Crippen LogP contribution in [-0.2, 0) is 14.4 Å². The normalized spacial score (nSPS) is 13.4. The van der Waals surface area contributed by atoms with Gasteiger partial charge in [0.1, 0.15) is 0 Å². The number of amides is 3. The summed E-state index contributed by atoms with van der Waals surface area (Å²) in [6.07, 6.45) is 0. The molecule has 0 fully saturated rings. The van der Waals surface area contributed by atoms with Crippen molar-refractivity contribution < 1.29 is 14.4 Å². The molecule has 0 aliphatic rings. The van der Waals surface area contributed by atoms with Crippen molar-refractivity contribution in [1.29, 1.82) is 0 Å². The van der Waals surface area contributed by atoms with E-state index in [4.69, 9.17) is 34.4 Å². The summed E-state index contributed by atoms with van der Waals surface area (Å²) in [5.41, 5.74) is 31.2. The summed E-state index contributed by atoms with van der Waals surface area (Å²) < 4.78 is 0. The van der Waals surface area contributed by atoms with Gasteiger partial charge in [0.15, 0.2) is 0 Å². The Balaban J connectivity index is 5.14. The molecule has 0 aromatic rings. The van der Waals surface area contributed by atoms with Crippen molar-refractivity contribution in [2.24, 2.45) is 51.1 Å². The minimum atomic E-state index is -1.27. The first-order valence-electron chi connectivity index (χ1n) is 8.47. The maximum atomic E-state index is 12.7. The van der Waals surface area contributed by atoms with Crippen LogP contribution in [0.25, 0.3) is 0 Å². The molecule has 0 bridgehead atoms. The Kier molecular flexibility index (Phi) is 9.67. The molecule has 152 valence electrons. The molecule has 11 heteroatoms. The third-order valence-electron chi connectivity index (χ3n) is 4.78. The second-order valence-electron chi connectivity index (χ2n) is 6.91. The number of carbonyl (C=O) groups excluding carboxylic acids is 3. The molecule has 0 aromatic heterocycles. The molecular weight excluding hydrogens is 340 g/mol. The van der Waals surface area contributed by atoms with Crippen LogP contribution in [-0.4, -0.2) is 63.0 Å². The number of hydrogen-bond acceptors (Lipinski definition) is 8. The Bertz CT molecular complexity index is 489. The van der Waals surface area contributed by atoms with E-state index < -0.39 is 34.6 Å². The molecular formula is C15H34N8O3. The summed E-state index contributed by atoms with van der Waals surface area (Å²) in [5, 5.41) is 5.19. The highest BCUT2D eigenvalue weighted by Gasteiger charge is 2.40. The zero-order chi connectivity index (χ0) is 20.5. The van der Waals surface area contributed by atoms with Gasteiger partial charge >= 0.3 is 0 Å². The van der Waals surface area contributed by atoms with Crippen molar-refractivity contribution >= 4 is 17.7 Å². The molecule has 0 spiro atoms. The minimum absolute atomic E-state index is 0.0701. The van der Waals surface area contributed by atoms with Crippen molar-refractivity contribution in [2.45, 2.75) is 19.9 Å². The van der Waals surface area contributed by atoms with E-state index >= 15 is 0 Å². The molecule has 14 N–H and O–H groups in total. The average molecular weight is 374 g/mol. The van der Waals surface area contributed by atoms with Crippen LogP contribution in [0, 0.1) is 16.7 Å². The Morgan fingerprint density at radius 1 is 0.846 bits per heavy atom. The first-order chi connectivity index (χ1) is 12.1. The Labute approximate surface area is 153 Å². The first kappa shape index (κ1) is 24.2. The lowest BCUT2D eigenvalue weighted by Crippen LogP contribution is -2.61. The number of nitrogens with one attached hydrogen (secondary N) is 2. The van der Waals surface area contributed by atoms with Crippen molar-refractivity contribution in [3.8, 4) is 0 Å². The molecule has 0 rings (SSSR count). The summed E-state index contributed by atoms with van der Waals surface area (Å²) in [6, 6.07) is -0.719. The van der Waals surface area contributed by atoms with E-state index in [1.54, 1.807) is 13.8 Å². The molecule has 1 atom stereocenters. The van der Waals surface area contributed by atoms with Gasteiger partial charge in [-0.25, -0.2) is 0 Å². The monoisotopic (exact) mass is 374 g/mol. The second-order valence-corrected chi connectivity index (χ2v) is 6.91. The number of rotatable bonds is 12. The first-order valence-corrected chi connectivity index (χ1v) is 8.47. The van der Waals surface area contributed by atoms with E-state index in [1.807, 2.05) is 0 Å². The molecule has 0 heterocycles. The molecule has 0 unspecified atom stereocenters. The fourth-order valence-electron chi connectivity index (χ4n) is 2.12. The van der Waals surface area contributed by atoms with Gasteiger partial charge in [-0.1, -0.05) is 13.8 Å². The minimum Gasteiger partial charge on any atom is -0.369 e. The van der Waals surface area contributed by atoms with Gasteiger partial charge in [0.05, 0.1) is 16.9 Å². The van der Waals surface area contributed by atoms with Crippen LogP contribution in [0.2, 0.25) is 0 Å². The van der Waals surface area contributed by atoms with Crippen molar-refractivity contribution in [2.75, 3.05) is 39.3 Å². The number of carbonyl (C=O) groups is 3. The number of nitrogens with two attached hydrogens (primary N) is 6. The summed E-state index contributed by atoms with van der Waals surface area (Å²) >= 11 is 0. The predicted octanol–water partition coefficient (Wildman–Crippen LogP) is -4.51. The fourth-order valence-corrected chi connectivity index (χ4v) is 2.12. The van der Waals surface area contributed by atoms with E-state index in [9.17, 15) is 14.4 Å². The van der Waals surface area contributed by atoms with Gasteiger partial charge in [0, 0.05) is 39.3 Å². The zero-order valence-electron chi connectivity index (χ0n) is 15.6. The van der Waals surface area contributed by atoms with Crippen LogP contribution in [0.5, 0.6) is 0 Å². The van der Waals surface area contributed by atoms with Gasteiger partial charge in [-0.05, 0) is 5.92 Å². The van der Waals surface area contributed by atoms with Crippen molar-refractivity contribution in [3.05, 3.63) is 0 Å². The van der Waals surface area contributed by atoms with Gasteiger partial charge in [-0.15, -0.1) is 0 Å². The van der Waals surface area contributed by atoms with Gasteiger partial charge < -0.3 is 45.0 Å². The van der Waals surface area contributed by atoms with Gasteiger partial charge in [0.2, 0.25) is 17.7 Å². The molecule has 0 aliphatic heterocycles. The van der Waals surface area contributed by atoms with Crippen LogP contribution in [0.15, 0.2) is 0 Å². The summed E-state index contributed by atoms with van der Waals surface area (Å²) in [7, 11) is 0. The molecule has 26 heavy (non-hydrogen) atoms. The fraction of sp³-hybridized carbons (Fsp3) is 0.800. The van der Waals surface area contributed by atoms with Crippen molar-refractivity contribution in [1.82, 2.24) is 10.6 Å². The molecule has 0 radical (unpaired) electrons. The van der Waals surface area contributed by atoms with Gasteiger partial charge in [0.25, 0.3) is 0 Å². The maximum Gasteiger partial charge on any atom is 0.237 e. The van der Waals surface area contributed by atoms with Crippen LogP contribution in [0.4, 0.5) is 0 Å². The van der Waals surface area contributed by atoms with Gasteiger partial charge in [-0.2, -0.15) is 0 Å². The quantitative estimate of drug-likeness (QED) is 0.165. The van der Waals surface area contributed by atoms with E-state index in [2.05, 4.69) is 10.6 Å². The Hall–Kier alpha value is -1.79. The smallest absolute Gasteiger partial charge is 0.237 e. The third kappa shape index (κ3) is 5.61. The highest BCUT2D eigenvalue weighted by molar-refractivity contribution is 5.87. The van der Waals surface area contributed by atoms with Crippen LogP contribution in [0.3, 0.4) is 0 Å². The highest BCUT2D eigenvalue weighted by atomic mass is 16.2. The Morgan fingerprint density at radius 2 is 1.27 bits per heavy atom. The lowest BCUT2D eigenvalue weighted by molar-refractivity contribution is -0.132. The predicted molar refractivity (Wildman–Crippen MR) is 99.1 cm³/mol. The summed E-state index contributed by atoms with van der Waals surface area (Å²) in [4.78, 5) is 36.3. The molecule has 0 saturated carbocycles. The molecule has 0 aromatic carbocycles. The highest BCUT2D eigenvalue weighted by Crippen LogP contribution is 2.16. The molecule has 0 aliphatic carbocycles. The summed E-state index contributed by atoms with van der Waals surface area (Å²) in [5.74, 6) is -1.73. The van der Waals surface area contributed by atoms with Crippen LogP contribution >= 0.6 is 0 Å². The zero-order valence-corrected chi connectivity index (χ0v) is 15.6. The van der Waals surface area contributed by atoms with E-state index in [1.165, 1.54) is 0 Å². The van der Waals surface area contributed by atoms with Gasteiger partial charge in [-0.3, -0.25) is 14.4 Å². The Morgan fingerprint density at radius 3 is 1.62 bits per heavy atom. The number of hydrogen-bond donors (Lipinski definition) is 8. The molecule has 3 amide bonds. The largest absolute Gasteiger partial charge is 0.369 e. The van der Waals surface area contributed by atoms with E-state index in [-0.39, 0.29) is 45.2 Å². The van der Waals surface area contributed by atoms with Crippen LogP contribution in [0.1, 0.15) is 13.8 Å². The van der Waals surface area contributed by atoms with Crippen molar-refractivity contribution in [3.63, 3.8) is 0 Å². The number of primary amides is 1. The standard InChI is InChI=1S/C15H34N8O3/c1-9(2)10(20)11(24)22-8-15(5-18,6-19)13(26)23-7-14(3-16,4-17)12(21)25/h9-10H,3-8,16-20H2,1-2H3,(H2,21,25)(H,22,24)(H,23,26)/t10-/m0/s1. The lowest BCUT2D eigenvalue weighted by atomic mass is 9.84. The van der Waals surface area contributed by atoms with Crippen LogP contribution < -0.4 is 45.0 Å². The molecule has 11 nitrogen and oxygen atoms in total. The van der Waals surface area contributed by atoms with E-state index in [0.29, 0.717) is 0 Å². The maximum absolute atomic E-state index is 12.7. The lowest BCUT2D eigenvalue weighted by Gasteiger charge is -2.33. The SMILES string of the molecule is CC(C)[C@H](N)C(=O)NCC(CN)(CN)C(=O)NCC(CN)(CN)C(N)=O. The second kappa shape index (κ2) is 10.4. The average Bonchev–Trinajstić information content (AvgIpc) is 2.62.